The molecule has 1 aliphatic rings. The van der Waals surface area contributed by atoms with Gasteiger partial charge in [0.15, 0.2) is 0 Å². The molecule has 0 spiro atoms. The minimum absolute atomic E-state index is 0.0746. The van der Waals surface area contributed by atoms with Gasteiger partial charge in [-0.1, -0.05) is 49.0 Å². The maximum atomic E-state index is 4.36. The number of rotatable bonds is 2. The number of thioether (sulfide) groups is 1. The van der Waals surface area contributed by atoms with Gasteiger partial charge in [0.25, 0.3) is 0 Å². The minimum Gasteiger partial charge on any atom is -0.293 e. The first kappa shape index (κ1) is 9.59. The number of hydrogen-bond acceptors (Lipinski definition) is 3. The lowest BCUT2D eigenvalue weighted by molar-refractivity contribution is 0.519. The molecule has 2 nitrogen and oxygen atoms in total. The summed E-state index contributed by atoms with van der Waals surface area (Å²) in [5, 5.41) is 5.45. The molecule has 0 unspecified atom stereocenters. The van der Waals surface area contributed by atoms with Crippen LogP contribution in [0.3, 0.4) is 0 Å². The summed E-state index contributed by atoms with van der Waals surface area (Å²) in [7, 11) is 0. The van der Waals surface area contributed by atoms with Gasteiger partial charge in [-0.25, -0.2) is 0 Å². The van der Waals surface area contributed by atoms with E-state index in [1.807, 2.05) is 18.2 Å². The van der Waals surface area contributed by atoms with Crippen molar-refractivity contribution in [2.24, 2.45) is 5.10 Å². The highest BCUT2D eigenvalue weighted by molar-refractivity contribution is 8.15. The zero-order valence-electron chi connectivity index (χ0n) is 8.45. The van der Waals surface area contributed by atoms with Crippen LogP contribution in [0.15, 0.2) is 35.4 Å². The van der Waals surface area contributed by atoms with E-state index in [1.54, 1.807) is 11.8 Å². The molecule has 0 aliphatic carbocycles. The van der Waals surface area contributed by atoms with Gasteiger partial charge in [0.1, 0.15) is 9.91 Å². The van der Waals surface area contributed by atoms with Gasteiger partial charge in [0.2, 0.25) is 0 Å². The van der Waals surface area contributed by atoms with Crippen LogP contribution in [0.1, 0.15) is 25.8 Å². The molecule has 0 aromatic heterocycles. The van der Waals surface area contributed by atoms with Crippen LogP contribution in [0.2, 0.25) is 0 Å². The second kappa shape index (κ2) is 3.65. The van der Waals surface area contributed by atoms with Crippen LogP contribution < -0.4 is 5.43 Å². The molecule has 2 rings (SSSR count). The second-order valence-corrected chi connectivity index (χ2v) is 5.07. The maximum absolute atomic E-state index is 4.36. The number of nitrogens with zero attached hydrogens (tertiary/aromatic N) is 1. The molecular weight excluding hydrogens is 192 g/mol. The van der Waals surface area contributed by atoms with Crippen LogP contribution >= 0.6 is 11.8 Å². The Morgan fingerprint density at radius 1 is 1.36 bits per heavy atom. The predicted molar refractivity (Wildman–Crippen MR) is 62.4 cm³/mol. The molecule has 74 valence electrons. The highest BCUT2D eigenvalue weighted by Gasteiger charge is 2.30. The predicted octanol–water partition coefficient (Wildman–Crippen LogP) is 2.81. The largest absolute Gasteiger partial charge is 0.293 e. The lowest BCUT2D eigenvalue weighted by Crippen LogP contribution is -2.30. The standard InChI is InChI=1S/C11H14N2S/c1-3-11(2)13-12-10(14-11)9-7-5-4-6-8-9/h4-8,13H,3H2,1-2H3/t11-/m1/s1. The van der Waals surface area contributed by atoms with Crippen molar-refractivity contribution >= 4 is 16.8 Å². The molecule has 0 fully saturated rings. The summed E-state index contributed by atoms with van der Waals surface area (Å²) in [5.41, 5.74) is 4.38. The van der Waals surface area contributed by atoms with Crippen LogP contribution in [0, 0.1) is 0 Å². The highest BCUT2D eigenvalue weighted by Crippen LogP contribution is 2.33. The van der Waals surface area contributed by atoms with Gasteiger partial charge in [0, 0.05) is 5.56 Å². The zero-order valence-corrected chi connectivity index (χ0v) is 9.27. The van der Waals surface area contributed by atoms with E-state index in [2.05, 4.69) is 36.5 Å². The normalized spacial score (nSPS) is 25.7. The van der Waals surface area contributed by atoms with E-state index >= 15 is 0 Å². The molecule has 3 heteroatoms. The van der Waals surface area contributed by atoms with Crippen molar-refractivity contribution in [3.05, 3.63) is 35.9 Å². The molecule has 0 saturated carbocycles. The van der Waals surface area contributed by atoms with E-state index in [9.17, 15) is 0 Å². The van der Waals surface area contributed by atoms with E-state index < -0.39 is 0 Å². The van der Waals surface area contributed by atoms with E-state index in [0.717, 1.165) is 11.5 Å². The summed E-state index contributed by atoms with van der Waals surface area (Å²) in [6.07, 6.45) is 1.07. The Kier molecular flexibility index (Phi) is 2.50. The molecule has 0 radical (unpaired) electrons. The van der Waals surface area contributed by atoms with Crippen molar-refractivity contribution in [3.8, 4) is 0 Å². The fourth-order valence-electron chi connectivity index (χ4n) is 1.28. The van der Waals surface area contributed by atoms with E-state index in [4.69, 9.17) is 0 Å². The zero-order chi connectivity index (χ0) is 10.0. The Hall–Kier alpha value is -0.960. The van der Waals surface area contributed by atoms with Crippen molar-refractivity contribution in [1.82, 2.24) is 5.43 Å². The van der Waals surface area contributed by atoms with Gasteiger partial charge in [-0.2, -0.15) is 5.10 Å². The third-order valence-corrected chi connectivity index (χ3v) is 3.76. The Balaban J connectivity index is 2.17. The third-order valence-electron chi connectivity index (χ3n) is 2.41. The molecule has 0 bridgehead atoms. The SMILES string of the molecule is CC[C@]1(C)NN=C(c2ccccc2)S1. The van der Waals surface area contributed by atoms with Crippen molar-refractivity contribution in [2.45, 2.75) is 25.1 Å². The summed E-state index contributed by atoms with van der Waals surface area (Å²) in [6, 6.07) is 10.3. The van der Waals surface area contributed by atoms with E-state index in [-0.39, 0.29) is 4.87 Å². The smallest absolute Gasteiger partial charge is 0.126 e. The molecule has 1 aromatic carbocycles. The van der Waals surface area contributed by atoms with Crippen molar-refractivity contribution < 1.29 is 0 Å². The van der Waals surface area contributed by atoms with Crippen LogP contribution in [0.4, 0.5) is 0 Å². The molecule has 0 saturated heterocycles. The summed E-state index contributed by atoms with van der Waals surface area (Å²) >= 11 is 1.80. The van der Waals surface area contributed by atoms with Crippen molar-refractivity contribution in [1.29, 1.82) is 0 Å². The fraction of sp³-hybridized carbons (Fsp3) is 0.364. The van der Waals surface area contributed by atoms with Gasteiger partial charge in [-0.05, 0) is 13.3 Å². The summed E-state index contributed by atoms with van der Waals surface area (Å²) in [4.78, 5) is 0.0746. The van der Waals surface area contributed by atoms with Crippen LogP contribution in [-0.2, 0) is 0 Å². The molecule has 1 atom stereocenters. The first-order chi connectivity index (χ1) is 6.73. The highest BCUT2D eigenvalue weighted by atomic mass is 32.2. The van der Waals surface area contributed by atoms with Gasteiger partial charge in [-0.3, -0.25) is 5.43 Å². The van der Waals surface area contributed by atoms with Crippen LogP contribution in [-0.4, -0.2) is 9.91 Å². The molecule has 14 heavy (non-hydrogen) atoms. The topological polar surface area (TPSA) is 24.4 Å². The molecule has 1 aliphatic heterocycles. The van der Waals surface area contributed by atoms with Crippen LogP contribution in [0.25, 0.3) is 0 Å². The Morgan fingerprint density at radius 3 is 2.64 bits per heavy atom. The Bertz CT molecular complexity index is 348. The van der Waals surface area contributed by atoms with Gasteiger partial charge >= 0.3 is 0 Å². The van der Waals surface area contributed by atoms with Crippen molar-refractivity contribution in [2.75, 3.05) is 0 Å². The summed E-state index contributed by atoms with van der Waals surface area (Å²) in [5.74, 6) is 0. The quantitative estimate of drug-likeness (QED) is 0.804. The maximum Gasteiger partial charge on any atom is 0.126 e. The minimum atomic E-state index is 0.0746. The average Bonchev–Trinajstić information content (AvgIpc) is 2.63. The number of nitrogens with one attached hydrogen (secondary N) is 1. The molecular formula is C11H14N2S. The number of hydrazone groups is 1. The summed E-state index contributed by atoms with van der Waals surface area (Å²) in [6.45, 7) is 4.35. The molecule has 1 aromatic rings. The fourth-order valence-corrected chi connectivity index (χ4v) is 2.29. The van der Waals surface area contributed by atoms with E-state index in [1.165, 1.54) is 5.56 Å². The van der Waals surface area contributed by atoms with Gasteiger partial charge < -0.3 is 0 Å². The lowest BCUT2D eigenvalue weighted by Gasteiger charge is -2.19. The van der Waals surface area contributed by atoms with Gasteiger partial charge in [-0.15, -0.1) is 0 Å². The second-order valence-electron chi connectivity index (χ2n) is 3.58. The number of benzene rings is 1. The van der Waals surface area contributed by atoms with Crippen molar-refractivity contribution in [3.63, 3.8) is 0 Å². The van der Waals surface area contributed by atoms with Gasteiger partial charge in [0.05, 0.1) is 0 Å². The lowest BCUT2D eigenvalue weighted by atomic mass is 10.2. The average molecular weight is 206 g/mol. The van der Waals surface area contributed by atoms with E-state index in [0.29, 0.717) is 0 Å². The van der Waals surface area contributed by atoms with Crippen LogP contribution in [0.5, 0.6) is 0 Å². The Labute approximate surface area is 88.8 Å². The first-order valence-corrected chi connectivity index (χ1v) is 5.64. The number of hydrogen-bond donors (Lipinski definition) is 1. The molecule has 1 N–H and O–H groups in total. The third kappa shape index (κ3) is 1.77. The first-order valence-electron chi connectivity index (χ1n) is 4.83. The summed E-state index contributed by atoms with van der Waals surface area (Å²) < 4.78 is 0. The Morgan fingerprint density at radius 2 is 2.07 bits per heavy atom. The molecule has 1 heterocycles. The molecule has 0 amide bonds. The monoisotopic (exact) mass is 206 g/mol.